The average molecular weight is 396 g/mol. The van der Waals surface area contributed by atoms with Crippen LogP contribution in [-0.2, 0) is 10.0 Å². The first-order valence-corrected chi connectivity index (χ1v) is 9.61. The topological polar surface area (TPSA) is 123 Å². The lowest BCUT2D eigenvalue weighted by Crippen LogP contribution is -2.29. The van der Waals surface area contributed by atoms with Gasteiger partial charge in [-0.2, -0.15) is 4.31 Å². The number of hydrogen-bond acceptors (Lipinski definition) is 4. The molecule has 0 bridgehead atoms. The second-order valence-corrected chi connectivity index (χ2v) is 8.67. The van der Waals surface area contributed by atoms with Gasteiger partial charge in [0.1, 0.15) is 10.4 Å². The summed E-state index contributed by atoms with van der Waals surface area (Å²) in [4.78, 5) is 28.8. The molecule has 0 atom stereocenters. The van der Waals surface area contributed by atoms with Crippen LogP contribution in [0.25, 0.3) is 21.8 Å². The van der Waals surface area contributed by atoms with E-state index in [1.165, 1.54) is 29.7 Å². The van der Waals surface area contributed by atoms with Crippen molar-refractivity contribution in [3.05, 3.63) is 39.3 Å². The number of carboxylic acid groups (broad SMARTS) is 1. The predicted octanol–water partition coefficient (Wildman–Crippen LogP) is 2.14. The third-order valence-corrected chi connectivity index (χ3v) is 7.02. The number of benzene rings is 1. The maximum atomic E-state index is 12.9. The summed E-state index contributed by atoms with van der Waals surface area (Å²) >= 11 is 6.18. The number of nitrogens with zero attached hydrogens (tertiary/aromatic N) is 1. The molecule has 2 aromatic heterocycles. The normalized spacial score (nSPS) is 15.2. The largest absolute Gasteiger partial charge is 0.478 e. The van der Waals surface area contributed by atoms with Crippen LogP contribution in [0.15, 0.2) is 28.0 Å². The smallest absolute Gasteiger partial charge is 0.337 e. The zero-order valence-electron chi connectivity index (χ0n) is 13.5. The quantitative estimate of drug-likeness (QED) is 0.624. The van der Waals surface area contributed by atoms with Crippen molar-refractivity contribution in [2.24, 2.45) is 0 Å². The predicted molar refractivity (Wildman–Crippen MR) is 96.4 cm³/mol. The number of H-pyrrole nitrogens is 2. The Balaban J connectivity index is 2.08. The van der Waals surface area contributed by atoms with Crippen LogP contribution in [0.3, 0.4) is 0 Å². The minimum atomic E-state index is -3.84. The van der Waals surface area contributed by atoms with Crippen molar-refractivity contribution in [3.8, 4) is 0 Å². The van der Waals surface area contributed by atoms with Gasteiger partial charge < -0.3 is 15.1 Å². The number of halogens is 1. The van der Waals surface area contributed by atoms with Crippen molar-refractivity contribution in [2.45, 2.75) is 23.8 Å². The molecule has 3 N–H and O–H groups in total. The third kappa shape index (κ3) is 2.43. The van der Waals surface area contributed by atoms with Crippen LogP contribution in [0.2, 0.25) is 5.02 Å². The number of aromatic nitrogens is 2. The average Bonchev–Trinajstić information content (AvgIpc) is 3.31. The van der Waals surface area contributed by atoms with E-state index in [2.05, 4.69) is 9.97 Å². The number of fused-ring (bicyclic) bond motifs is 3. The lowest BCUT2D eigenvalue weighted by molar-refractivity contribution is 0.0699. The van der Waals surface area contributed by atoms with Gasteiger partial charge in [-0.15, -0.1) is 0 Å². The molecule has 26 heavy (non-hydrogen) atoms. The summed E-state index contributed by atoms with van der Waals surface area (Å²) in [6.45, 7) is 0. The van der Waals surface area contributed by atoms with Gasteiger partial charge in [0.05, 0.1) is 16.1 Å². The number of carbonyl (C=O) groups is 1. The Labute approximate surface area is 152 Å². The number of aromatic amines is 2. The first-order valence-electron chi connectivity index (χ1n) is 7.79. The highest BCUT2D eigenvalue weighted by atomic mass is 35.5. The zero-order chi connectivity index (χ0) is 18.8. The summed E-state index contributed by atoms with van der Waals surface area (Å²) in [5.41, 5.74) is -0.294. The molecule has 8 nitrogen and oxygen atoms in total. The SMILES string of the molecule is CN(C1CC1)S(=O)(=O)c1cc2c(cc1Cl)[nH]c(=O)c1[nH]cc(C(=O)O)c12. The van der Waals surface area contributed by atoms with E-state index in [-0.39, 0.29) is 37.9 Å². The molecule has 1 aliphatic rings. The number of nitrogens with one attached hydrogen (secondary N) is 2. The van der Waals surface area contributed by atoms with Crippen LogP contribution in [0, 0.1) is 0 Å². The number of pyridine rings is 1. The molecule has 0 spiro atoms. The molecular formula is C16H14ClN3O5S. The van der Waals surface area contributed by atoms with Crippen LogP contribution in [0.4, 0.5) is 0 Å². The molecule has 0 unspecified atom stereocenters. The van der Waals surface area contributed by atoms with Gasteiger partial charge >= 0.3 is 5.97 Å². The molecule has 4 rings (SSSR count). The summed E-state index contributed by atoms with van der Waals surface area (Å²) < 4.78 is 27.0. The van der Waals surface area contributed by atoms with E-state index in [1.54, 1.807) is 0 Å². The highest BCUT2D eigenvalue weighted by Crippen LogP contribution is 2.36. The van der Waals surface area contributed by atoms with Crippen molar-refractivity contribution in [3.63, 3.8) is 0 Å². The van der Waals surface area contributed by atoms with Crippen molar-refractivity contribution in [1.82, 2.24) is 14.3 Å². The van der Waals surface area contributed by atoms with Crippen molar-refractivity contribution < 1.29 is 18.3 Å². The molecule has 3 aromatic rings. The fourth-order valence-electron chi connectivity index (χ4n) is 3.09. The Kier molecular flexibility index (Phi) is 3.66. The highest BCUT2D eigenvalue weighted by molar-refractivity contribution is 7.89. The van der Waals surface area contributed by atoms with E-state index in [4.69, 9.17) is 11.6 Å². The summed E-state index contributed by atoms with van der Waals surface area (Å²) in [5.74, 6) is -1.22. The molecule has 0 radical (unpaired) electrons. The summed E-state index contributed by atoms with van der Waals surface area (Å²) in [5, 5.41) is 9.80. The van der Waals surface area contributed by atoms with Crippen molar-refractivity contribution in [2.75, 3.05) is 7.05 Å². The van der Waals surface area contributed by atoms with E-state index >= 15 is 0 Å². The van der Waals surface area contributed by atoms with Crippen LogP contribution in [-0.4, -0.2) is 46.9 Å². The maximum absolute atomic E-state index is 12.9. The molecule has 0 aliphatic heterocycles. The molecule has 136 valence electrons. The number of hydrogen-bond donors (Lipinski definition) is 3. The minimum absolute atomic E-state index is 0.0348. The summed E-state index contributed by atoms with van der Waals surface area (Å²) in [7, 11) is -2.35. The minimum Gasteiger partial charge on any atom is -0.478 e. The molecule has 1 aliphatic carbocycles. The first-order chi connectivity index (χ1) is 12.2. The van der Waals surface area contributed by atoms with E-state index in [0.29, 0.717) is 5.39 Å². The first kappa shape index (κ1) is 17.1. The summed E-state index contributed by atoms with van der Waals surface area (Å²) in [6.07, 6.45) is 2.79. The number of rotatable bonds is 4. The van der Waals surface area contributed by atoms with Gasteiger partial charge in [0.2, 0.25) is 10.0 Å². The van der Waals surface area contributed by atoms with Crippen molar-refractivity contribution in [1.29, 1.82) is 0 Å². The molecule has 2 heterocycles. The Hall–Kier alpha value is -2.36. The number of sulfonamides is 1. The van der Waals surface area contributed by atoms with Gasteiger partial charge in [0.25, 0.3) is 5.56 Å². The van der Waals surface area contributed by atoms with E-state index in [1.807, 2.05) is 0 Å². The third-order valence-electron chi connectivity index (χ3n) is 4.65. The Morgan fingerprint density at radius 3 is 2.65 bits per heavy atom. The monoisotopic (exact) mass is 395 g/mol. The van der Waals surface area contributed by atoms with E-state index in [0.717, 1.165) is 12.8 Å². The molecule has 0 saturated heterocycles. The standard InChI is InChI=1S/C16H14ClN3O5S/c1-20(7-2-3-7)26(24,25)12-4-8-11(5-10(12)17)19-15(21)14-13(8)9(6-18-14)16(22)23/h4-7,18H,2-3H2,1H3,(H,19,21)(H,22,23). The lowest BCUT2D eigenvalue weighted by atomic mass is 10.1. The van der Waals surface area contributed by atoms with Gasteiger partial charge in [-0.1, -0.05) is 11.6 Å². The molecule has 1 saturated carbocycles. The van der Waals surface area contributed by atoms with Crippen LogP contribution >= 0.6 is 11.6 Å². The van der Waals surface area contributed by atoms with Gasteiger partial charge in [-0.3, -0.25) is 4.79 Å². The van der Waals surface area contributed by atoms with Gasteiger partial charge in [-0.25, -0.2) is 13.2 Å². The van der Waals surface area contributed by atoms with Crippen molar-refractivity contribution >= 4 is 49.4 Å². The van der Waals surface area contributed by atoms with Crippen LogP contribution in [0.5, 0.6) is 0 Å². The Bertz CT molecular complexity index is 1240. The molecule has 0 amide bonds. The second-order valence-electron chi connectivity index (χ2n) is 6.29. The van der Waals surface area contributed by atoms with E-state index < -0.39 is 21.6 Å². The Morgan fingerprint density at radius 1 is 1.35 bits per heavy atom. The van der Waals surface area contributed by atoms with Gasteiger partial charge in [0.15, 0.2) is 0 Å². The van der Waals surface area contributed by atoms with Gasteiger partial charge in [-0.05, 0) is 25.0 Å². The van der Waals surface area contributed by atoms with Crippen LogP contribution in [0.1, 0.15) is 23.2 Å². The molecule has 1 fully saturated rings. The molecule has 1 aromatic carbocycles. The molecule has 10 heteroatoms. The Morgan fingerprint density at radius 2 is 2.04 bits per heavy atom. The lowest BCUT2D eigenvalue weighted by Gasteiger charge is -2.18. The van der Waals surface area contributed by atoms with Crippen LogP contribution < -0.4 is 5.56 Å². The fraction of sp³-hybridized carbons (Fsp3) is 0.250. The van der Waals surface area contributed by atoms with E-state index in [9.17, 15) is 23.1 Å². The van der Waals surface area contributed by atoms with Gasteiger partial charge in [0, 0.05) is 30.1 Å². The molecular weight excluding hydrogens is 382 g/mol. The highest BCUT2D eigenvalue weighted by Gasteiger charge is 2.36. The zero-order valence-corrected chi connectivity index (χ0v) is 15.1. The fourth-order valence-corrected chi connectivity index (χ4v) is 5.03. The number of carboxylic acids is 1. The number of aromatic carboxylic acids is 1. The summed E-state index contributed by atoms with van der Waals surface area (Å²) in [6, 6.07) is 2.61. The second kappa shape index (κ2) is 5.57. The maximum Gasteiger partial charge on any atom is 0.337 e.